The van der Waals surface area contributed by atoms with Crippen molar-refractivity contribution in [3.05, 3.63) is 59.7 Å². The molecule has 3 aliphatic heterocycles. The maximum Gasteiger partial charge on any atom is 1.00 e. The molecule has 0 spiro atoms. The van der Waals surface area contributed by atoms with Gasteiger partial charge in [0, 0.05) is 40.8 Å². The summed E-state index contributed by atoms with van der Waals surface area (Å²) >= 11 is 2.41. The van der Waals surface area contributed by atoms with E-state index in [1.807, 2.05) is 13.8 Å². The van der Waals surface area contributed by atoms with E-state index in [0.29, 0.717) is 26.2 Å². The third kappa shape index (κ3) is 17.8. The van der Waals surface area contributed by atoms with Gasteiger partial charge < -0.3 is 43.3 Å². The van der Waals surface area contributed by atoms with Gasteiger partial charge in [0.25, 0.3) is 19.2 Å². The third-order valence-corrected chi connectivity index (χ3v) is 9.27. The minimum absolute atomic E-state index is 0. The molecule has 3 unspecified atom stereocenters. The first-order valence-electron chi connectivity index (χ1n) is 12.4. The Morgan fingerprint density at radius 3 is 1.56 bits per heavy atom. The van der Waals surface area contributed by atoms with Gasteiger partial charge >= 0.3 is 29.6 Å². The van der Waals surface area contributed by atoms with Crippen molar-refractivity contribution in [1.29, 1.82) is 0 Å². The van der Waals surface area contributed by atoms with Gasteiger partial charge in [-0.2, -0.15) is 8.42 Å². The number of hydrogen-bond acceptors (Lipinski definition) is 9. The van der Waals surface area contributed by atoms with Crippen molar-refractivity contribution in [2.24, 2.45) is 0 Å². The molecule has 41 heavy (non-hydrogen) atoms. The Morgan fingerprint density at radius 1 is 0.780 bits per heavy atom. The number of hydrogen-bond donors (Lipinski definition) is 1. The molecule has 0 bridgehead atoms. The van der Waals surface area contributed by atoms with Crippen LogP contribution < -0.4 is 53.5 Å². The number of halogens is 3. The Labute approximate surface area is 301 Å². The fourth-order valence-corrected chi connectivity index (χ4v) is 5.63. The molecule has 9 nitrogen and oxygen atoms in total. The van der Waals surface area contributed by atoms with Crippen LogP contribution in [0.5, 0.6) is 0 Å². The van der Waals surface area contributed by atoms with Crippen molar-refractivity contribution in [3.63, 3.8) is 0 Å². The Balaban J connectivity index is 0.000000556. The van der Waals surface area contributed by atoms with E-state index < -0.39 is 19.2 Å². The second-order valence-electron chi connectivity index (χ2n) is 9.08. The predicted octanol–water partition coefficient (Wildman–Crippen LogP) is -1.60. The number of rotatable bonds is 4. The molecule has 1 N–H and O–H groups in total. The fourth-order valence-electron chi connectivity index (χ4n) is 3.26. The topological polar surface area (TPSA) is 125 Å². The van der Waals surface area contributed by atoms with Crippen LogP contribution in [0.2, 0.25) is 0 Å². The zero-order valence-corrected chi connectivity index (χ0v) is 32.1. The first-order valence-corrected chi connectivity index (χ1v) is 17.4. The average Bonchev–Trinajstić information content (AvgIpc) is 3.66. The summed E-state index contributed by atoms with van der Waals surface area (Å²) in [6.07, 6.45) is 2.18. The Hall–Kier alpha value is 0.890. The average molecular weight is 869 g/mol. The summed E-state index contributed by atoms with van der Waals surface area (Å²) in [6, 6.07) is 13.0. The van der Waals surface area contributed by atoms with E-state index in [-0.39, 0.29) is 75.5 Å². The van der Waals surface area contributed by atoms with Crippen molar-refractivity contribution in [1.82, 2.24) is 0 Å². The SMILES string of the molecule is Cc1ccc(S(=O)(=O)Cl)cc1.Cc1ccc(S(=O)(=O)OC2CCOC2)cc1.IC1CCOC1.OC1CCOC1.[I-].[Na+]. The summed E-state index contributed by atoms with van der Waals surface area (Å²) in [5, 5.41) is 8.60. The van der Waals surface area contributed by atoms with E-state index in [4.69, 9.17) is 34.2 Å². The van der Waals surface area contributed by atoms with Crippen LogP contribution in [0.1, 0.15) is 30.4 Å². The van der Waals surface area contributed by atoms with Crippen molar-refractivity contribution >= 4 is 52.4 Å². The molecule has 3 heterocycles. The van der Waals surface area contributed by atoms with E-state index in [9.17, 15) is 16.8 Å². The van der Waals surface area contributed by atoms with Gasteiger partial charge in [-0.05, 0) is 51.0 Å². The molecule has 5 rings (SSSR count). The summed E-state index contributed by atoms with van der Waals surface area (Å²) in [4.78, 5) is 0.342. The number of ether oxygens (including phenoxy) is 3. The van der Waals surface area contributed by atoms with Crippen LogP contribution in [-0.2, 0) is 37.6 Å². The number of aliphatic hydroxyl groups excluding tert-OH is 1. The molecule has 3 atom stereocenters. The molecule has 0 aromatic heterocycles. The van der Waals surface area contributed by atoms with Crippen LogP contribution in [0.4, 0.5) is 0 Å². The number of aliphatic hydroxyl groups is 1. The van der Waals surface area contributed by atoms with E-state index in [2.05, 4.69) is 22.6 Å². The molecule has 228 valence electrons. The van der Waals surface area contributed by atoms with Gasteiger partial charge in [0.15, 0.2) is 0 Å². The predicted molar refractivity (Wildman–Crippen MR) is 158 cm³/mol. The summed E-state index contributed by atoms with van der Waals surface area (Å²) < 4.78 is 65.9. The quantitative estimate of drug-likeness (QED) is 0.127. The van der Waals surface area contributed by atoms with Crippen LogP contribution in [0.25, 0.3) is 0 Å². The summed E-state index contributed by atoms with van der Waals surface area (Å²) in [6.45, 7) is 7.93. The first-order chi connectivity index (χ1) is 18.4. The zero-order chi connectivity index (χ0) is 28.9. The Kier molecular flexibility index (Phi) is 22.1. The maximum atomic E-state index is 11.8. The van der Waals surface area contributed by atoms with Gasteiger partial charge in [-0.1, -0.05) is 58.0 Å². The van der Waals surface area contributed by atoms with Crippen molar-refractivity contribution in [2.75, 3.05) is 39.6 Å². The van der Waals surface area contributed by atoms with Crippen LogP contribution in [0.3, 0.4) is 0 Å². The summed E-state index contributed by atoms with van der Waals surface area (Å²) in [7, 11) is -2.10. The minimum Gasteiger partial charge on any atom is -1.00 e. The molecule has 0 saturated carbocycles. The van der Waals surface area contributed by atoms with Crippen LogP contribution in [-0.4, -0.2) is 77.7 Å². The monoisotopic (exact) mass is 868 g/mol. The van der Waals surface area contributed by atoms with Gasteiger partial charge in [0.1, 0.15) is 6.10 Å². The largest absolute Gasteiger partial charge is 1.00 e. The second kappa shape index (κ2) is 21.6. The molecule has 3 aliphatic rings. The van der Waals surface area contributed by atoms with Crippen molar-refractivity contribution < 1.29 is 93.9 Å². The van der Waals surface area contributed by atoms with Gasteiger partial charge in [0.2, 0.25) is 0 Å². The van der Waals surface area contributed by atoms with E-state index in [1.54, 1.807) is 36.4 Å². The van der Waals surface area contributed by atoms with Crippen LogP contribution >= 0.6 is 33.3 Å². The number of alkyl halides is 1. The van der Waals surface area contributed by atoms with Crippen LogP contribution in [0, 0.1) is 13.8 Å². The summed E-state index contributed by atoms with van der Waals surface area (Å²) in [5.74, 6) is 0. The Morgan fingerprint density at radius 2 is 1.24 bits per heavy atom. The van der Waals surface area contributed by atoms with Crippen molar-refractivity contribution in [2.45, 2.75) is 59.0 Å². The first kappa shape index (κ1) is 41.9. The smallest absolute Gasteiger partial charge is 1.00 e. The molecule has 2 aromatic carbocycles. The number of benzene rings is 2. The van der Waals surface area contributed by atoms with E-state index in [1.165, 1.54) is 18.6 Å². The van der Waals surface area contributed by atoms with Gasteiger partial charge in [-0.3, -0.25) is 4.18 Å². The minimum atomic E-state index is -3.64. The molecule has 0 aliphatic carbocycles. The van der Waals surface area contributed by atoms with E-state index >= 15 is 0 Å². The zero-order valence-electron chi connectivity index (χ0n) is 23.4. The van der Waals surface area contributed by atoms with Gasteiger partial charge in [0.05, 0.1) is 35.7 Å². The van der Waals surface area contributed by atoms with Gasteiger partial charge in [-0.15, -0.1) is 0 Å². The molecule has 3 fully saturated rings. The van der Waals surface area contributed by atoms with Crippen molar-refractivity contribution in [3.8, 4) is 0 Å². The Bertz CT molecular complexity index is 1170. The maximum absolute atomic E-state index is 11.8. The normalized spacial score (nSPS) is 21.4. The molecule has 0 radical (unpaired) electrons. The fraction of sp³-hybridized carbons (Fsp3) is 0.538. The van der Waals surface area contributed by atoms with E-state index in [0.717, 1.165) is 41.3 Å². The molecule has 15 heteroatoms. The molecule has 3 saturated heterocycles. The molecular weight excluding hydrogens is 833 g/mol. The number of aryl methyl sites for hydroxylation is 2. The molecular formula is C26H36ClI2NaO9S2. The third-order valence-electron chi connectivity index (χ3n) is 5.54. The second-order valence-corrected chi connectivity index (χ2v) is 15.0. The molecule has 2 aromatic rings. The summed E-state index contributed by atoms with van der Waals surface area (Å²) in [5.41, 5.74) is 2.03. The standard InChI is InChI=1S/C11H14O4S.C7H7ClO2S.C4H7IO.C4H8O2.HI.Na/c1-9-2-4-11(5-3-9)16(12,13)15-10-6-7-14-8-10;1-6-2-4-7(5-3-6)11(8,9)10;2*5-4-1-2-6-3-4;;/h2-5,10H,6-8H2,1H3;2-5H,1H3;4H,1-3H2;4-5H,1-3H2;1H;/q;;;;;+1/p-1. The van der Waals surface area contributed by atoms with Crippen LogP contribution in [0.15, 0.2) is 58.3 Å². The van der Waals surface area contributed by atoms with Gasteiger partial charge in [-0.25, -0.2) is 8.42 Å². The molecule has 0 amide bonds.